The van der Waals surface area contributed by atoms with Crippen LogP contribution < -0.4 is 5.63 Å². The standard InChI is InChI=1S/C21H19ClF2N2O4S/c1-13-8-20-16(11-17(13)22)14(9-21(27)30-20)12-25-4-6-26(7-5-25)31(28,29)15-2-3-18(23)19(24)10-15/h2-3,8-11H,4-7,12H2,1H3. The van der Waals surface area contributed by atoms with Gasteiger partial charge in [-0.15, -0.1) is 0 Å². The van der Waals surface area contributed by atoms with Gasteiger partial charge in [-0.2, -0.15) is 4.31 Å². The molecule has 0 spiro atoms. The summed E-state index contributed by atoms with van der Waals surface area (Å²) in [7, 11) is -3.93. The normalized spacial score (nSPS) is 16.1. The molecule has 10 heteroatoms. The zero-order valence-electron chi connectivity index (χ0n) is 16.6. The van der Waals surface area contributed by atoms with Crippen molar-refractivity contribution in [2.75, 3.05) is 26.2 Å². The molecule has 31 heavy (non-hydrogen) atoms. The van der Waals surface area contributed by atoms with Gasteiger partial charge in [0, 0.05) is 49.2 Å². The maximum atomic E-state index is 13.5. The van der Waals surface area contributed by atoms with Gasteiger partial charge in [0.1, 0.15) is 5.58 Å². The van der Waals surface area contributed by atoms with E-state index in [1.807, 2.05) is 11.8 Å². The quantitative estimate of drug-likeness (QED) is 0.548. The van der Waals surface area contributed by atoms with Gasteiger partial charge < -0.3 is 4.42 Å². The molecule has 0 amide bonds. The molecule has 0 N–H and O–H groups in total. The van der Waals surface area contributed by atoms with E-state index >= 15 is 0 Å². The number of hydrogen-bond donors (Lipinski definition) is 0. The Bertz CT molecular complexity index is 1320. The third-order valence-electron chi connectivity index (χ3n) is 5.36. The van der Waals surface area contributed by atoms with Crippen molar-refractivity contribution in [3.8, 4) is 0 Å². The molecular weight excluding hydrogens is 450 g/mol. The van der Waals surface area contributed by atoms with Crippen LogP contribution in [0.2, 0.25) is 5.02 Å². The van der Waals surface area contributed by atoms with Crippen LogP contribution in [0.1, 0.15) is 11.1 Å². The van der Waals surface area contributed by atoms with Gasteiger partial charge in [0.05, 0.1) is 4.90 Å². The van der Waals surface area contributed by atoms with E-state index in [9.17, 15) is 22.0 Å². The molecule has 164 valence electrons. The van der Waals surface area contributed by atoms with Gasteiger partial charge in [0.15, 0.2) is 11.6 Å². The molecule has 2 heterocycles. The SMILES string of the molecule is Cc1cc2oc(=O)cc(CN3CCN(S(=O)(=O)c4ccc(F)c(F)c4)CC3)c2cc1Cl. The predicted octanol–water partition coefficient (Wildman–Crippen LogP) is 3.54. The summed E-state index contributed by atoms with van der Waals surface area (Å²) >= 11 is 6.23. The molecule has 0 unspecified atom stereocenters. The molecule has 0 radical (unpaired) electrons. The topological polar surface area (TPSA) is 70.8 Å². The summed E-state index contributed by atoms with van der Waals surface area (Å²) in [5, 5.41) is 1.29. The van der Waals surface area contributed by atoms with E-state index in [0.29, 0.717) is 36.3 Å². The Kier molecular flexibility index (Phi) is 5.87. The predicted molar refractivity (Wildman–Crippen MR) is 113 cm³/mol. The molecule has 1 fully saturated rings. The van der Waals surface area contributed by atoms with Crippen LogP contribution >= 0.6 is 11.6 Å². The van der Waals surface area contributed by atoms with E-state index in [1.165, 1.54) is 10.4 Å². The maximum absolute atomic E-state index is 13.5. The number of fused-ring (bicyclic) bond motifs is 1. The molecule has 1 aliphatic rings. The Balaban J connectivity index is 1.51. The highest BCUT2D eigenvalue weighted by Crippen LogP contribution is 2.26. The lowest BCUT2D eigenvalue weighted by Crippen LogP contribution is -2.48. The van der Waals surface area contributed by atoms with Crippen molar-refractivity contribution in [2.24, 2.45) is 0 Å². The summed E-state index contributed by atoms with van der Waals surface area (Å²) in [4.78, 5) is 13.7. The van der Waals surface area contributed by atoms with Gasteiger partial charge in [-0.3, -0.25) is 4.90 Å². The fourth-order valence-electron chi connectivity index (χ4n) is 3.63. The minimum absolute atomic E-state index is 0.181. The zero-order chi connectivity index (χ0) is 22.3. The Hall–Kier alpha value is -2.33. The fraction of sp³-hybridized carbons (Fsp3) is 0.286. The first-order chi connectivity index (χ1) is 14.6. The van der Waals surface area contributed by atoms with Crippen LogP contribution in [0.15, 0.2) is 50.5 Å². The molecule has 1 aromatic heterocycles. The second-order valence-electron chi connectivity index (χ2n) is 7.44. The van der Waals surface area contributed by atoms with Crippen molar-refractivity contribution < 1.29 is 21.6 Å². The van der Waals surface area contributed by atoms with Gasteiger partial charge in [-0.25, -0.2) is 22.0 Å². The first-order valence-corrected chi connectivity index (χ1v) is 11.4. The minimum atomic E-state index is -3.93. The van der Waals surface area contributed by atoms with Gasteiger partial charge in [0.2, 0.25) is 10.0 Å². The number of benzene rings is 2. The molecule has 0 bridgehead atoms. The monoisotopic (exact) mass is 468 g/mol. The van der Waals surface area contributed by atoms with E-state index < -0.39 is 27.3 Å². The Labute approximate surface area is 182 Å². The summed E-state index contributed by atoms with van der Waals surface area (Å²) < 4.78 is 58.7. The number of aryl methyl sites for hydroxylation is 1. The van der Waals surface area contributed by atoms with E-state index in [1.54, 1.807) is 12.1 Å². The van der Waals surface area contributed by atoms with Crippen molar-refractivity contribution >= 4 is 32.6 Å². The number of sulfonamides is 1. The van der Waals surface area contributed by atoms with E-state index in [4.69, 9.17) is 16.0 Å². The number of hydrogen-bond acceptors (Lipinski definition) is 5. The van der Waals surface area contributed by atoms with Crippen molar-refractivity contribution in [2.45, 2.75) is 18.4 Å². The highest BCUT2D eigenvalue weighted by Gasteiger charge is 2.29. The summed E-state index contributed by atoms with van der Waals surface area (Å²) in [5.41, 5.74) is 1.52. The lowest BCUT2D eigenvalue weighted by Gasteiger charge is -2.34. The van der Waals surface area contributed by atoms with Gasteiger partial charge in [-0.05, 0) is 48.4 Å². The first-order valence-electron chi connectivity index (χ1n) is 9.55. The molecule has 1 saturated heterocycles. The number of halogens is 3. The number of piperazine rings is 1. The van der Waals surface area contributed by atoms with Crippen LogP contribution in [0.4, 0.5) is 8.78 Å². The average molecular weight is 469 g/mol. The minimum Gasteiger partial charge on any atom is -0.423 e. The summed E-state index contributed by atoms with van der Waals surface area (Å²) in [5.74, 6) is -2.30. The lowest BCUT2D eigenvalue weighted by atomic mass is 10.1. The van der Waals surface area contributed by atoms with Gasteiger partial charge in [0.25, 0.3) is 0 Å². The highest BCUT2D eigenvalue weighted by atomic mass is 35.5. The molecule has 2 aromatic carbocycles. The van der Waals surface area contributed by atoms with Crippen LogP contribution in [0.3, 0.4) is 0 Å². The van der Waals surface area contributed by atoms with Crippen molar-refractivity contribution in [3.63, 3.8) is 0 Å². The third-order valence-corrected chi connectivity index (χ3v) is 7.67. The van der Waals surface area contributed by atoms with Gasteiger partial charge >= 0.3 is 5.63 Å². The maximum Gasteiger partial charge on any atom is 0.336 e. The molecule has 1 aliphatic heterocycles. The Morgan fingerprint density at radius 3 is 2.42 bits per heavy atom. The van der Waals surface area contributed by atoms with Crippen molar-refractivity contribution in [1.82, 2.24) is 9.21 Å². The molecule has 0 aliphatic carbocycles. The number of rotatable bonds is 4. The van der Waals surface area contributed by atoms with Crippen molar-refractivity contribution in [3.05, 3.63) is 74.6 Å². The third kappa shape index (κ3) is 4.36. The molecule has 0 saturated carbocycles. The summed E-state index contributed by atoms with van der Waals surface area (Å²) in [6, 6.07) is 7.44. The highest BCUT2D eigenvalue weighted by molar-refractivity contribution is 7.89. The summed E-state index contributed by atoms with van der Waals surface area (Å²) in [6.45, 7) is 3.41. The van der Waals surface area contributed by atoms with Crippen LogP contribution in [-0.4, -0.2) is 43.8 Å². The van der Waals surface area contributed by atoms with Gasteiger partial charge in [-0.1, -0.05) is 11.6 Å². The molecular formula is C21H19ClF2N2O4S. The van der Waals surface area contributed by atoms with Crippen LogP contribution in [0.5, 0.6) is 0 Å². The van der Waals surface area contributed by atoms with Crippen LogP contribution in [-0.2, 0) is 16.6 Å². The second-order valence-corrected chi connectivity index (χ2v) is 9.79. The van der Waals surface area contributed by atoms with Crippen molar-refractivity contribution in [1.29, 1.82) is 0 Å². The number of nitrogens with zero attached hydrogens (tertiary/aromatic N) is 2. The smallest absolute Gasteiger partial charge is 0.336 e. The molecule has 0 atom stereocenters. The Morgan fingerprint density at radius 1 is 1.03 bits per heavy atom. The zero-order valence-corrected chi connectivity index (χ0v) is 18.1. The molecule has 6 nitrogen and oxygen atoms in total. The average Bonchev–Trinajstić information content (AvgIpc) is 2.72. The van der Waals surface area contributed by atoms with E-state index in [2.05, 4.69) is 0 Å². The largest absolute Gasteiger partial charge is 0.423 e. The molecule has 4 rings (SSSR count). The lowest BCUT2D eigenvalue weighted by molar-refractivity contribution is 0.182. The molecule has 3 aromatic rings. The second kappa shape index (κ2) is 8.31. The van der Waals surface area contributed by atoms with E-state index in [-0.39, 0.29) is 18.0 Å². The first kappa shape index (κ1) is 21.9. The van der Waals surface area contributed by atoms with E-state index in [0.717, 1.165) is 28.6 Å². The van der Waals surface area contributed by atoms with Crippen LogP contribution in [0, 0.1) is 18.6 Å². The summed E-state index contributed by atoms with van der Waals surface area (Å²) in [6.07, 6.45) is 0. The van der Waals surface area contributed by atoms with Crippen LogP contribution in [0.25, 0.3) is 11.0 Å². The Morgan fingerprint density at radius 2 is 1.74 bits per heavy atom. The fourth-order valence-corrected chi connectivity index (χ4v) is 5.23.